The Kier molecular flexibility index (Phi) is 19.5. The summed E-state index contributed by atoms with van der Waals surface area (Å²) in [5, 5.41) is 0. The summed E-state index contributed by atoms with van der Waals surface area (Å²) < 4.78 is 15.9. The van der Waals surface area contributed by atoms with Crippen molar-refractivity contribution in [3.05, 3.63) is 60.8 Å². The van der Waals surface area contributed by atoms with E-state index in [1.54, 1.807) is 0 Å². The van der Waals surface area contributed by atoms with Gasteiger partial charge in [-0.3, -0.25) is 0 Å². The van der Waals surface area contributed by atoms with Crippen LogP contribution in [-0.2, 0) is 13.6 Å². The molecule has 0 fully saturated rings. The van der Waals surface area contributed by atoms with Gasteiger partial charge >= 0.3 is 0 Å². The van der Waals surface area contributed by atoms with Crippen LogP contribution in [-0.4, -0.2) is 18.3 Å². The first-order valence-electron chi connectivity index (χ1n) is 9.13. The fraction of sp³-hybridized carbons (Fsp3) is 0.500. The molecular weight excluding hydrogens is 381 g/mol. The molecule has 0 spiro atoms. The zero-order valence-electron chi connectivity index (χ0n) is 16.0. The Morgan fingerprint density at radius 3 is 1.77 bits per heavy atom. The molecule has 0 bridgehead atoms. The lowest BCUT2D eigenvalue weighted by molar-refractivity contribution is 0.276. The van der Waals surface area contributed by atoms with Crippen molar-refractivity contribution in [2.75, 3.05) is 0 Å². The number of rotatable bonds is 15. The van der Waals surface area contributed by atoms with E-state index < -0.39 is 0 Å². The molecule has 0 amide bonds. The molecule has 0 aromatic heterocycles. The Bertz CT molecular complexity index is 455. The monoisotopic (exact) mass is 416 g/mol. The first-order valence-corrected chi connectivity index (χ1v) is 10.5. The fourth-order valence-electron chi connectivity index (χ4n) is 2.06. The Balaban J connectivity index is 4.25. The van der Waals surface area contributed by atoms with Gasteiger partial charge in [-0.15, -0.1) is 0 Å². The van der Waals surface area contributed by atoms with E-state index in [1.807, 2.05) is 48.6 Å². The van der Waals surface area contributed by atoms with Gasteiger partial charge in [0.15, 0.2) is 0 Å². The topological polar surface area (TPSA) is 27.7 Å². The lowest BCUT2D eigenvalue weighted by Crippen LogP contribution is -2.02. The summed E-state index contributed by atoms with van der Waals surface area (Å²) in [6.07, 6.45) is 25.8. The SMILES string of the molecule is CCCCC(\C=C/C=C/C=C/C(C/C=C\C=C\C(CC)OP)OP)OP. The van der Waals surface area contributed by atoms with Crippen LogP contribution in [0.5, 0.6) is 0 Å². The van der Waals surface area contributed by atoms with E-state index >= 15 is 0 Å². The highest BCUT2D eigenvalue weighted by Crippen LogP contribution is 2.10. The summed E-state index contributed by atoms with van der Waals surface area (Å²) in [6, 6.07) is 0. The van der Waals surface area contributed by atoms with Crippen LogP contribution in [0.2, 0.25) is 0 Å². The van der Waals surface area contributed by atoms with Gasteiger partial charge in [-0.05, 0) is 19.3 Å². The second-order valence-electron chi connectivity index (χ2n) is 5.78. The van der Waals surface area contributed by atoms with Gasteiger partial charge < -0.3 is 13.6 Å². The summed E-state index contributed by atoms with van der Waals surface area (Å²) in [4.78, 5) is 0. The van der Waals surface area contributed by atoms with Crippen LogP contribution < -0.4 is 0 Å². The minimum absolute atomic E-state index is 0.0333. The van der Waals surface area contributed by atoms with Crippen LogP contribution in [0.25, 0.3) is 0 Å². The molecule has 3 nitrogen and oxygen atoms in total. The van der Waals surface area contributed by atoms with Crippen molar-refractivity contribution < 1.29 is 13.6 Å². The molecule has 148 valence electrons. The molecule has 0 aromatic carbocycles. The van der Waals surface area contributed by atoms with E-state index in [0.717, 1.165) is 19.3 Å². The Morgan fingerprint density at radius 1 is 0.692 bits per heavy atom. The standard InChI is InChI=1S/C20H35O3P3/c1-3-5-13-19(22-25)15-9-6-7-10-16-20(23-26)17-12-8-11-14-18(4-2)21-24/h6-12,14-16,18-20H,3-5,13,17,24-26H2,1-2H3/b7-6+,12-8-,14-11+,15-9-,16-10+. The summed E-state index contributed by atoms with van der Waals surface area (Å²) in [5.74, 6) is 0. The van der Waals surface area contributed by atoms with E-state index in [4.69, 9.17) is 13.6 Å². The predicted molar refractivity (Wildman–Crippen MR) is 124 cm³/mol. The van der Waals surface area contributed by atoms with Crippen molar-refractivity contribution >= 4 is 28.4 Å². The van der Waals surface area contributed by atoms with Gasteiger partial charge in [-0.25, -0.2) is 0 Å². The van der Waals surface area contributed by atoms with Gasteiger partial charge in [-0.2, -0.15) is 0 Å². The lowest BCUT2D eigenvalue weighted by atomic mass is 10.1. The molecule has 0 saturated carbocycles. The van der Waals surface area contributed by atoms with Gasteiger partial charge in [0.25, 0.3) is 0 Å². The van der Waals surface area contributed by atoms with Crippen molar-refractivity contribution in [1.29, 1.82) is 0 Å². The molecular formula is C20H35O3P3. The van der Waals surface area contributed by atoms with Crippen LogP contribution in [0.1, 0.15) is 46.0 Å². The normalized spacial score (nSPS) is 16.7. The molecule has 0 aromatic rings. The lowest BCUT2D eigenvalue weighted by Gasteiger charge is -2.08. The minimum Gasteiger partial charge on any atom is -0.358 e. The molecule has 0 N–H and O–H groups in total. The Morgan fingerprint density at radius 2 is 1.23 bits per heavy atom. The van der Waals surface area contributed by atoms with Crippen molar-refractivity contribution in [3.63, 3.8) is 0 Å². The highest BCUT2D eigenvalue weighted by molar-refractivity contribution is 7.10. The fourth-order valence-corrected chi connectivity index (χ4v) is 2.77. The Hall–Kier alpha value is -0.130. The Labute approximate surface area is 167 Å². The molecule has 0 aliphatic carbocycles. The molecule has 26 heavy (non-hydrogen) atoms. The third kappa shape index (κ3) is 15.0. The first kappa shape index (κ1) is 25.9. The van der Waals surface area contributed by atoms with Crippen LogP contribution in [0.3, 0.4) is 0 Å². The van der Waals surface area contributed by atoms with E-state index in [-0.39, 0.29) is 18.3 Å². The zero-order valence-corrected chi connectivity index (χ0v) is 19.5. The second kappa shape index (κ2) is 19.6. The molecule has 0 heterocycles. The van der Waals surface area contributed by atoms with E-state index in [2.05, 4.69) is 54.4 Å². The first-order chi connectivity index (χ1) is 12.7. The molecule has 6 atom stereocenters. The van der Waals surface area contributed by atoms with E-state index in [0.29, 0.717) is 0 Å². The van der Waals surface area contributed by atoms with Crippen molar-refractivity contribution in [2.24, 2.45) is 0 Å². The smallest absolute Gasteiger partial charge is 0.0829 e. The highest BCUT2D eigenvalue weighted by atomic mass is 31.0. The van der Waals surface area contributed by atoms with Gasteiger partial charge in [0.05, 0.1) is 18.3 Å². The summed E-state index contributed by atoms with van der Waals surface area (Å²) in [6.45, 7) is 4.28. The quantitative estimate of drug-likeness (QED) is 0.232. The van der Waals surface area contributed by atoms with Crippen LogP contribution in [0.4, 0.5) is 0 Å². The molecule has 0 rings (SSSR count). The summed E-state index contributed by atoms with van der Waals surface area (Å²) in [7, 11) is 6.98. The van der Waals surface area contributed by atoms with Gasteiger partial charge in [0, 0.05) is 28.4 Å². The van der Waals surface area contributed by atoms with E-state index in [9.17, 15) is 0 Å². The van der Waals surface area contributed by atoms with Crippen LogP contribution in [0, 0.1) is 0 Å². The van der Waals surface area contributed by atoms with E-state index in [1.165, 1.54) is 12.8 Å². The maximum absolute atomic E-state index is 5.38. The van der Waals surface area contributed by atoms with Crippen molar-refractivity contribution in [1.82, 2.24) is 0 Å². The van der Waals surface area contributed by atoms with Crippen LogP contribution in [0.15, 0.2) is 60.8 Å². The third-order valence-corrected chi connectivity index (χ3v) is 4.74. The van der Waals surface area contributed by atoms with Crippen molar-refractivity contribution in [2.45, 2.75) is 64.3 Å². The average Bonchev–Trinajstić information content (AvgIpc) is 2.67. The molecule has 6 unspecified atom stereocenters. The third-order valence-electron chi connectivity index (χ3n) is 3.70. The molecule has 0 aliphatic rings. The largest absolute Gasteiger partial charge is 0.358 e. The zero-order chi connectivity index (χ0) is 19.5. The molecule has 0 radical (unpaired) electrons. The summed E-state index contributed by atoms with van der Waals surface area (Å²) in [5.41, 5.74) is 0. The summed E-state index contributed by atoms with van der Waals surface area (Å²) >= 11 is 0. The average molecular weight is 416 g/mol. The van der Waals surface area contributed by atoms with Crippen molar-refractivity contribution in [3.8, 4) is 0 Å². The molecule has 6 heteroatoms. The van der Waals surface area contributed by atoms with Gasteiger partial charge in [-0.1, -0.05) is 87.4 Å². The highest BCUT2D eigenvalue weighted by Gasteiger charge is 2.00. The number of allylic oxidation sites excluding steroid dienone is 6. The number of unbranched alkanes of at least 4 members (excludes halogenated alkanes) is 1. The van der Waals surface area contributed by atoms with Gasteiger partial charge in [0.2, 0.25) is 0 Å². The maximum Gasteiger partial charge on any atom is 0.0829 e. The number of hydrogen-bond acceptors (Lipinski definition) is 3. The van der Waals surface area contributed by atoms with Gasteiger partial charge in [0.1, 0.15) is 0 Å². The molecule has 0 saturated heterocycles. The van der Waals surface area contributed by atoms with Crippen LogP contribution >= 0.6 is 28.4 Å². The molecule has 0 aliphatic heterocycles. The second-order valence-corrected chi connectivity index (χ2v) is 6.59. The number of hydrogen-bond donors (Lipinski definition) is 0. The minimum atomic E-state index is 0.0333. The predicted octanol–water partition coefficient (Wildman–Crippen LogP) is 6.28. The maximum atomic E-state index is 5.38.